The average molecular weight is 452 g/mol. The van der Waals surface area contributed by atoms with Gasteiger partial charge in [0.05, 0.1) is 17.5 Å². The molecule has 0 aromatic heterocycles. The number of benzene rings is 2. The Balaban J connectivity index is 1.57. The quantitative estimate of drug-likeness (QED) is 0.676. The van der Waals surface area contributed by atoms with Crippen LogP contribution in [0, 0.1) is 11.8 Å². The highest BCUT2D eigenvalue weighted by Crippen LogP contribution is 2.60. The van der Waals surface area contributed by atoms with E-state index in [0.717, 1.165) is 22.9 Å². The number of imide groups is 1. The molecule has 4 unspecified atom stereocenters. The molecule has 2 aromatic rings. The number of carbonyl (C=O) groups is 3. The molecule has 0 aliphatic carbocycles. The number of halogens is 1. The van der Waals surface area contributed by atoms with Gasteiger partial charge in [0.25, 0.3) is 0 Å². The molecule has 0 radical (unpaired) electrons. The number of rotatable bonds is 1. The first-order valence-corrected chi connectivity index (χ1v) is 10.7. The summed E-state index contributed by atoms with van der Waals surface area (Å²) >= 11 is 3.46. The fourth-order valence-corrected chi connectivity index (χ4v) is 6.38. The Labute approximate surface area is 176 Å². The highest BCUT2D eigenvalue weighted by Gasteiger charge is 2.74. The maximum Gasteiger partial charge on any atom is 0.250 e. The van der Waals surface area contributed by atoms with Gasteiger partial charge in [-0.05, 0) is 43.7 Å². The standard InChI is InChI=1S/C22H18BrN3O3/c23-12-8-9-14-15(11-12)24-21(29)22(14)18-17(16-7-4-10-25(16)22)19(27)26(20(18)28)13-5-2-1-3-6-13/h1-3,5-6,8-9,11,16-18H,4,7,10H2,(H,24,29). The minimum atomic E-state index is -1.11. The van der Waals surface area contributed by atoms with Crippen molar-refractivity contribution >= 4 is 45.0 Å². The van der Waals surface area contributed by atoms with Gasteiger partial charge in [0, 0.05) is 21.8 Å². The molecule has 4 heterocycles. The summed E-state index contributed by atoms with van der Waals surface area (Å²) in [4.78, 5) is 44.1. The van der Waals surface area contributed by atoms with Crippen molar-refractivity contribution in [1.29, 1.82) is 0 Å². The molecule has 4 atom stereocenters. The molecule has 4 aliphatic rings. The summed E-state index contributed by atoms with van der Waals surface area (Å²) in [5, 5.41) is 2.99. The normalized spacial score (nSPS) is 32.7. The van der Waals surface area contributed by atoms with Crippen molar-refractivity contribution < 1.29 is 14.4 Å². The first-order valence-electron chi connectivity index (χ1n) is 9.86. The van der Waals surface area contributed by atoms with Crippen LogP contribution >= 0.6 is 15.9 Å². The van der Waals surface area contributed by atoms with Gasteiger partial charge >= 0.3 is 0 Å². The van der Waals surface area contributed by atoms with E-state index in [-0.39, 0.29) is 23.8 Å². The lowest BCUT2D eigenvalue weighted by molar-refractivity contribution is -0.135. The van der Waals surface area contributed by atoms with Gasteiger partial charge in [0.1, 0.15) is 5.54 Å². The molecular weight excluding hydrogens is 434 g/mol. The van der Waals surface area contributed by atoms with Gasteiger partial charge in [0.2, 0.25) is 17.7 Å². The van der Waals surface area contributed by atoms with Crippen LogP contribution in [0.4, 0.5) is 11.4 Å². The van der Waals surface area contributed by atoms with E-state index in [1.165, 1.54) is 4.90 Å². The number of anilines is 2. The van der Waals surface area contributed by atoms with Crippen LogP contribution in [-0.4, -0.2) is 35.2 Å². The second-order valence-electron chi connectivity index (χ2n) is 8.16. The maximum absolute atomic E-state index is 13.7. The first kappa shape index (κ1) is 17.4. The molecule has 0 bridgehead atoms. The highest BCUT2D eigenvalue weighted by molar-refractivity contribution is 9.10. The second kappa shape index (κ2) is 5.77. The molecule has 7 heteroatoms. The van der Waals surface area contributed by atoms with E-state index in [1.807, 2.05) is 36.4 Å². The third kappa shape index (κ3) is 1.97. The predicted molar refractivity (Wildman–Crippen MR) is 110 cm³/mol. The van der Waals surface area contributed by atoms with Crippen molar-refractivity contribution in [3.05, 3.63) is 58.6 Å². The number of fused-ring (bicyclic) bond motifs is 7. The summed E-state index contributed by atoms with van der Waals surface area (Å²) in [6.45, 7) is 0.715. The molecule has 2 aromatic carbocycles. The lowest BCUT2D eigenvalue weighted by Crippen LogP contribution is -2.54. The van der Waals surface area contributed by atoms with Crippen molar-refractivity contribution in [1.82, 2.24) is 4.90 Å². The number of para-hydroxylation sites is 1. The number of hydrogen-bond acceptors (Lipinski definition) is 4. The summed E-state index contributed by atoms with van der Waals surface area (Å²) in [5.41, 5.74) is 0.985. The van der Waals surface area contributed by atoms with Crippen LogP contribution in [0.15, 0.2) is 53.0 Å². The fraction of sp³-hybridized carbons (Fsp3) is 0.318. The van der Waals surface area contributed by atoms with Crippen LogP contribution < -0.4 is 10.2 Å². The summed E-state index contributed by atoms with van der Waals surface area (Å²) in [5.74, 6) is -1.85. The van der Waals surface area contributed by atoms with Crippen LogP contribution in [0.25, 0.3) is 0 Å². The lowest BCUT2D eigenvalue weighted by atomic mass is 9.75. The Kier molecular flexibility index (Phi) is 3.45. The third-order valence-electron chi connectivity index (χ3n) is 6.97. The smallest absolute Gasteiger partial charge is 0.250 e. The molecular formula is C22H18BrN3O3. The van der Waals surface area contributed by atoms with Crippen LogP contribution in [-0.2, 0) is 19.9 Å². The molecule has 1 N–H and O–H groups in total. The van der Waals surface area contributed by atoms with E-state index in [0.29, 0.717) is 17.9 Å². The monoisotopic (exact) mass is 451 g/mol. The van der Waals surface area contributed by atoms with Crippen LogP contribution in [0.2, 0.25) is 0 Å². The summed E-state index contributed by atoms with van der Waals surface area (Å²) in [6, 6.07) is 14.6. The van der Waals surface area contributed by atoms with Crippen molar-refractivity contribution in [2.45, 2.75) is 24.4 Å². The van der Waals surface area contributed by atoms with E-state index in [2.05, 4.69) is 26.1 Å². The largest absolute Gasteiger partial charge is 0.324 e. The minimum Gasteiger partial charge on any atom is -0.324 e. The van der Waals surface area contributed by atoms with Gasteiger partial charge in [-0.15, -0.1) is 0 Å². The van der Waals surface area contributed by atoms with Crippen molar-refractivity contribution in [2.24, 2.45) is 11.8 Å². The Morgan fingerprint density at radius 3 is 2.62 bits per heavy atom. The van der Waals surface area contributed by atoms with E-state index >= 15 is 0 Å². The second-order valence-corrected chi connectivity index (χ2v) is 9.08. The van der Waals surface area contributed by atoms with Crippen LogP contribution in [0.3, 0.4) is 0 Å². The molecule has 0 saturated carbocycles. The summed E-state index contributed by atoms with van der Waals surface area (Å²) < 4.78 is 0.862. The number of nitrogens with zero attached hydrogens (tertiary/aromatic N) is 2. The number of nitrogens with one attached hydrogen (secondary N) is 1. The summed E-state index contributed by atoms with van der Waals surface area (Å²) in [7, 11) is 0. The average Bonchev–Trinajstić information content (AvgIpc) is 3.40. The Morgan fingerprint density at radius 1 is 1.03 bits per heavy atom. The van der Waals surface area contributed by atoms with Crippen molar-refractivity contribution in [3.8, 4) is 0 Å². The van der Waals surface area contributed by atoms with E-state index in [9.17, 15) is 14.4 Å². The highest BCUT2D eigenvalue weighted by atomic mass is 79.9. The molecule has 29 heavy (non-hydrogen) atoms. The molecule has 1 spiro atoms. The zero-order valence-electron chi connectivity index (χ0n) is 15.5. The summed E-state index contributed by atoms with van der Waals surface area (Å²) in [6.07, 6.45) is 1.74. The van der Waals surface area contributed by atoms with Gasteiger partial charge in [0.15, 0.2) is 0 Å². The van der Waals surface area contributed by atoms with Gasteiger partial charge in [-0.2, -0.15) is 0 Å². The molecule has 3 amide bonds. The number of amides is 3. The molecule has 146 valence electrons. The van der Waals surface area contributed by atoms with E-state index in [1.54, 1.807) is 12.1 Å². The van der Waals surface area contributed by atoms with Gasteiger partial charge in [-0.1, -0.05) is 40.2 Å². The van der Waals surface area contributed by atoms with Crippen LogP contribution in [0.5, 0.6) is 0 Å². The number of carbonyl (C=O) groups excluding carboxylic acids is 3. The van der Waals surface area contributed by atoms with Crippen molar-refractivity contribution in [3.63, 3.8) is 0 Å². The lowest BCUT2D eigenvalue weighted by Gasteiger charge is -2.36. The van der Waals surface area contributed by atoms with Crippen LogP contribution in [0.1, 0.15) is 18.4 Å². The first-order chi connectivity index (χ1) is 14.0. The molecule has 6 rings (SSSR count). The number of hydrogen-bond donors (Lipinski definition) is 1. The topological polar surface area (TPSA) is 69.7 Å². The predicted octanol–water partition coefficient (Wildman–Crippen LogP) is 2.88. The van der Waals surface area contributed by atoms with Gasteiger partial charge in [-0.25, -0.2) is 4.90 Å². The molecule has 3 fully saturated rings. The van der Waals surface area contributed by atoms with Crippen molar-refractivity contribution in [2.75, 3.05) is 16.8 Å². The zero-order chi connectivity index (χ0) is 19.9. The Morgan fingerprint density at radius 2 is 1.83 bits per heavy atom. The molecule has 3 saturated heterocycles. The fourth-order valence-electron chi connectivity index (χ4n) is 6.02. The Hall–Kier alpha value is -2.51. The van der Waals surface area contributed by atoms with E-state index in [4.69, 9.17) is 0 Å². The minimum absolute atomic E-state index is 0.0921. The van der Waals surface area contributed by atoms with E-state index < -0.39 is 17.4 Å². The maximum atomic E-state index is 13.7. The van der Waals surface area contributed by atoms with Gasteiger partial charge < -0.3 is 5.32 Å². The molecule has 6 nitrogen and oxygen atoms in total. The Bertz CT molecular complexity index is 1090. The third-order valence-corrected chi connectivity index (χ3v) is 7.46. The van der Waals surface area contributed by atoms with Gasteiger partial charge in [-0.3, -0.25) is 19.3 Å². The SMILES string of the molecule is O=C1C2C3CCCN3C3(C(=O)Nc4cc(Br)ccc43)C2C(=O)N1c1ccccc1. The zero-order valence-corrected chi connectivity index (χ0v) is 17.1. The molecule has 4 aliphatic heterocycles.